The Morgan fingerprint density at radius 1 is 0.957 bits per heavy atom. The molecule has 1 N–H and O–H groups in total. The second-order valence-electron chi connectivity index (χ2n) is 5.38. The van der Waals surface area contributed by atoms with Crippen molar-refractivity contribution in [2.24, 2.45) is 0 Å². The highest BCUT2D eigenvalue weighted by Gasteiger charge is 2.03. The summed E-state index contributed by atoms with van der Waals surface area (Å²) in [5.74, 6) is 0.0741. The molecule has 1 aromatic heterocycles. The summed E-state index contributed by atoms with van der Waals surface area (Å²) in [6.45, 7) is 0.549. The van der Waals surface area contributed by atoms with Gasteiger partial charge in [-0.15, -0.1) is 0 Å². The first-order valence-electron chi connectivity index (χ1n) is 7.71. The van der Waals surface area contributed by atoms with Crippen LogP contribution in [0.3, 0.4) is 0 Å². The van der Waals surface area contributed by atoms with Crippen molar-refractivity contribution < 1.29 is 4.79 Å². The van der Waals surface area contributed by atoms with E-state index in [-0.39, 0.29) is 5.91 Å². The molecule has 0 saturated heterocycles. The molecule has 1 amide bonds. The van der Waals surface area contributed by atoms with E-state index in [1.54, 1.807) is 6.20 Å². The third-order valence-corrected chi connectivity index (χ3v) is 3.68. The van der Waals surface area contributed by atoms with Crippen molar-refractivity contribution in [3.63, 3.8) is 0 Å². The summed E-state index contributed by atoms with van der Waals surface area (Å²) in [6, 6.07) is 20.0. The zero-order valence-electron chi connectivity index (χ0n) is 12.9. The summed E-state index contributed by atoms with van der Waals surface area (Å²) < 4.78 is 1.81. The summed E-state index contributed by atoms with van der Waals surface area (Å²) >= 11 is 0. The number of nitrogens with zero attached hydrogens (tertiary/aromatic N) is 2. The number of carbonyl (C=O) groups is 1. The van der Waals surface area contributed by atoms with Crippen LogP contribution >= 0.6 is 0 Å². The second kappa shape index (κ2) is 7.40. The van der Waals surface area contributed by atoms with Gasteiger partial charge in [0.1, 0.15) is 0 Å². The predicted molar refractivity (Wildman–Crippen MR) is 90.2 cm³/mol. The van der Waals surface area contributed by atoms with Gasteiger partial charge in [-0.25, -0.2) is 4.68 Å². The summed E-state index contributed by atoms with van der Waals surface area (Å²) in [6.07, 6.45) is 4.93. The summed E-state index contributed by atoms with van der Waals surface area (Å²) in [7, 11) is 0. The molecule has 0 saturated carbocycles. The van der Waals surface area contributed by atoms with E-state index in [1.165, 1.54) is 5.56 Å². The number of amides is 1. The van der Waals surface area contributed by atoms with Crippen LogP contribution in [-0.4, -0.2) is 15.7 Å². The zero-order valence-corrected chi connectivity index (χ0v) is 12.9. The third-order valence-electron chi connectivity index (χ3n) is 3.68. The highest BCUT2D eigenvalue weighted by molar-refractivity contribution is 5.76. The van der Waals surface area contributed by atoms with Crippen molar-refractivity contribution in [3.8, 4) is 5.69 Å². The van der Waals surface area contributed by atoms with E-state index in [0.717, 1.165) is 17.7 Å². The van der Waals surface area contributed by atoms with Gasteiger partial charge < -0.3 is 5.32 Å². The molecule has 0 aliphatic heterocycles. The van der Waals surface area contributed by atoms with Gasteiger partial charge in [-0.1, -0.05) is 42.5 Å². The van der Waals surface area contributed by atoms with Gasteiger partial charge in [0.2, 0.25) is 5.91 Å². The fourth-order valence-electron chi connectivity index (χ4n) is 2.38. The van der Waals surface area contributed by atoms with E-state index in [0.29, 0.717) is 13.0 Å². The quantitative estimate of drug-likeness (QED) is 0.760. The Labute approximate surface area is 135 Å². The minimum absolute atomic E-state index is 0.0741. The Hall–Kier alpha value is -2.88. The fourth-order valence-corrected chi connectivity index (χ4v) is 2.38. The molecule has 2 aromatic carbocycles. The molecule has 23 heavy (non-hydrogen) atoms. The monoisotopic (exact) mass is 305 g/mol. The fraction of sp³-hybridized carbons (Fsp3) is 0.158. The number of hydrogen-bond acceptors (Lipinski definition) is 2. The molecule has 0 unspecified atom stereocenters. The lowest BCUT2D eigenvalue weighted by Crippen LogP contribution is -2.22. The number of rotatable bonds is 6. The third kappa shape index (κ3) is 4.30. The van der Waals surface area contributed by atoms with Gasteiger partial charge in [0.25, 0.3) is 0 Å². The standard InChI is InChI=1S/C19H19N3O/c23-19(12-9-16-5-2-1-3-6-16)20-15-17-7-10-18(11-8-17)22-14-4-13-21-22/h1-8,10-11,13-14H,9,12,15H2,(H,20,23). The van der Waals surface area contributed by atoms with Crippen LogP contribution in [0.25, 0.3) is 5.69 Å². The van der Waals surface area contributed by atoms with Gasteiger partial charge in [-0.2, -0.15) is 5.10 Å². The first kappa shape index (κ1) is 15.0. The number of hydrogen-bond donors (Lipinski definition) is 1. The van der Waals surface area contributed by atoms with Crippen LogP contribution in [0.1, 0.15) is 17.5 Å². The smallest absolute Gasteiger partial charge is 0.220 e. The lowest BCUT2D eigenvalue weighted by atomic mass is 10.1. The lowest BCUT2D eigenvalue weighted by Gasteiger charge is -2.07. The molecular weight excluding hydrogens is 286 g/mol. The molecule has 3 rings (SSSR count). The van der Waals surface area contributed by atoms with E-state index in [4.69, 9.17) is 0 Å². The van der Waals surface area contributed by atoms with Gasteiger partial charge in [0.15, 0.2) is 0 Å². The number of aromatic nitrogens is 2. The van der Waals surface area contributed by atoms with Crippen LogP contribution < -0.4 is 5.32 Å². The van der Waals surface area contributed by atoms with Crippen molar-refractivity contribution in [2.75, 3.05) is 0 Å². The maximum absolute atomic E-state index is 11.9. The summed E-state index contributed by atoms with van der Waals surface area (Å²) in [5, 5.41) is 7.15. The largest absolute Gasteiger partial charge is 0.352 e. The average molecular weight is 305 g/mol. The lowest BCUT2D eigenvalue weighted by molar-refractivity contribution is -0.121. The maximum atomic E-state index is 11.9. The minimum atomic E-state index is 0.0741. The van der Waals surface area contributed by atoms with Crippen LogP contribution in [0.2, 0.25) is 0 Å². The minimum Gasteiger partial charge on any atom is -0.352 e. The zero-order chi connectivity index (χ0) is 15.9. The van der Waals surface area contributed by atoms with Gasteiger partial charge in [-0.05, 0) is 35.7 Å². The molecule has 0 radical (unpaired) electrons. The van der Waals surface area contributed by atoms with Gasteiger partial charge in [0, 0.05) is 25.4 Å². The van der Waals surface area contributed by atoms with Gasteiger partial charge in [-0.3, -0.25) is 4.79 Å². The van der Waals surface area contributed by atoms with E-state index >= 15 is 0 Å². The molecule has 3 aromatic rings. The number of benzene rings is 2. The molecule has 4 heteroatoms. The molecule has 0 aliphatic rings. The number of nitrogens with one attached hydrogen (secondary N) is 1. The van der Waals surface area contributed by atoms with Gasteiger partial charge >= 0.3 is 0 Å². The van der Waals surface area contributed by atoms with Crippen molar-refractivity contribution in [2.45, 2.75) is 19.4 Å². The first-order chi connectivity index (χ1) is 11.3. The molecule has 0 fully saturated rings. The number of carbonyl (C=O) groups excluding carboxylic acids is 1. The molecule has 0 spiro atoms. The summed E-state index contributed by atoms with van der Waals surface area (Å²) in [4.78, 5) is 11.9. The van der Waals surface area contributed by atoms with Crippen molar-refractivity contribution in [1.82, 2.24) is 15.1 Å². The van der Waals surface area contributed by atoms with Crippen LogP contribution in [0.4, 0.5) is 0 Å². The van der Waals surface area contributed by atoms with Crippen molar-refractivity contribution in [3.05, 3.63) is 84.2 Å². The van der Waals surface area contributed by atoms with Crippen molar-refractivity contribution >= 4 is 5.91 Å². The molecule has 0 atom stereocenters. The van der Waals surface area contributed by atoms with E-state index in [2.05, 4.69) is 10.4 Å². The normalized spacial score (nSPS) is 10.4. The van der Waals surface area contributed by atoms with Crippen molar-refractivity contribution in [1.29, 1.82) is 0 Å². The maximum Gasteiger partial charge on any atom is 0.220 e. The topological polar surface area (TPSA) is 46.9 Å². The SMILES string of the molecule is O=C(CCc1ccccc1)NCc1ccc(-n2cccn2)cc1. The molecule has 0 bridgehead atoms. The van der Waals surface area contributed by atoms with Crippen LogP contribution in [0.5, 0.6) is 0 Å². The Bertz CT molecular complexity index is 734. The summed E-state index contributed by atoms with van der Waals surface area (Å²) in [5.41, 5.74) is 3.27. The first-order valence-corrected chi connectivity index (χ1v) is 7.71. The van der Waals surface area contributed by atoms with Crippen LogP contribution in [0.15, 0.2) is 73.1 Å². The molecule has 0 aliphatic carbocycles. The molecular formula is C19H19N3O. The van der Waals surface area contributed by atoms with Gasteiger partial charge in [0.05, 0.1) is 5.69 Å². The molecule has 4 nitrogen and oxygen atoms in total. The van der Waals surface area contributed by atoms with E-state index in [9.17, 15) is 4.79 Å². The van der Waals surface area contributed by atoms with Crippen LogP contribution in [-0.2, 0) is 17.8 Å². The molecule has 116 valence electrons. The van der Waals surface area contributed by atoms with E-state index in [1.807, 2.05) is 71.5 Å². The Morgan fingerprint density at radius 2 is 1.74 bits per heavy atom. The second-order valence-corrected chi connectivity index (χ2v) is 5.38. The predicted octanol–water partition coefficient (Wildman–Crippen LogP) is 3.12. The average Bonchev–Trinajstić information content (AvgIpc) is 3.14. The molecule has 1 heterocycles. The Morgan fingerprint density at radius 3 is 2.43 bits per heavy atom. The van der Waals surface area contributed by atoms with Crippen LogP contribution in [0, 0.1) is 0 Å². The highest BCUT2D eigenvalue weighted by atomic mass is 16.1. The highest BCUT2D eigenvalue weighted by Crippen LogP contribution is 2.08. The van der Waals surface area contributed by atoms with E-state index < -0.39 is 0 Å². The Balaban J connectivity index is 1.47. The Kier molecular flexibility index (Phi) is 4.84. The number of aryl methyl sites for hydroxylation is 1.